The van der Waals surface area contributed by atoms with Crippen molar-refractivity contribution in [3.63, 3.8) is 0 Å². The van der Waals surface area contributed by atoms with E-state index in [9.17, 15) is 4.79 Å². The maximum atomic E-state index is 13.3. The van der Waals surface area contributed by atoms with Crippen LogP contribution in [0.2, 0.25) is 0 Å². The highest BCUT2D eigenvalue weighted by molar-refractivity contribution is 5.93. The molecule has 0 saturated carbocycles. The Bertz CT molecular complexity index is 1090. The highest BCUT2D eigenvalue weighted by atomic mass is 16.5. The van der Waals surface area contributed by atoms with E-state index >= 15 is 0 Å². The zero-order valence-electron chi connectivity index (χ0n) is 19.1. The number of urea groups is 1. The zero-order valence-corrected chi connectivity index (χ0v) is 19.1. The first-order valence-electron chi connectivity index (χ1n) is 11.8. The van der Waals surface area contributed by atoms with Gasteiger partial charge in [-0.2, -0.15) is 0 Å². The summed E-state index contributed by atoms with van der Waals surface area (Å²) in [5.74, 6) is 0. The Morgan fingerprint density at radius 2 is 1.64 bits per heavy atom. The Balaban J connectivity index is 1.33. The Kier molecular flexibility index (Phi) is 6.42. The van der Waals surface area contributed by atoms with Gasteiger partial charge in [0, 0.05) is 44.0 Å². The van der Waals surface area contributed by atoms with Crippen molar-refractivity contribution in [1.82, 2.24) is 9.80 Å². The van der Waals surface area contributed by atoms with E-state index in [1.165, 1.54) is 16.7 Å². The number of anilines is 1. The summed E-state index contributed by atoms with van der Waals surface area (Å²) >= 11 is 0. The Labute approximate surface area is 196 Å². The first-order chi connectivity index (χ1) is 16.2. The van der Waals surface area contributed by atoms with Crippen LogP contribution in [0.25, 0.3) is 0 Å². The number of nitrogens with zero attached hydrogens (tertiary/aromatic N) is 2. The Hall–Kier alpha value is -3.15. The second kappa shape index (κ2) is 9.77. The molecular weight excluding hydrogens is 410 g/mol. The molecule has 2 amide bonds. The third-order valence-electron chi connectivity index (χ3n) is 6.78. The van der Waals surface area contributed by atoms with Gasteiger partial charge in [0.15, 0.2) is 0 Å². The summed E-state index contributed by atoms with van der Waals surface area (Å²) in [6, 6.07) is 27.4. The fourth-order valence-corrected chi connectivity index (χ4v) is 5.25. The van der Waals surface area contributed by atoms with E-state index in [1.54, 1.807) is 7.11 Å². The molecule has 0 aromatic heterocycles. The predicted octanol–water partition coefficient (Wildman–Crippen LogP) is 5.43. The number of hydrogen-bond donors (Lipinski definition) is 1. The summed E-state index contributed by atoms with van der Waals surface area (Å²) in [6.45, 7) is 3.53. The first-order valence-corrected chi connectivity index (χ1v) is 11.8. The molecule has 3 aromatic carbocycles. The third-order valence-corrected chi connectivity index (χ3v) is 6.78. The van der Waals surface area contributed by atoms with Crippen molar-refractivity contribution >= 4 is 11.7 Å². The minimum absolute atomic E-state index is 0.00766. The molecule has 5 heteroatoms. The van der Waals surface area contributed by atoms with E-state index < -0.39 is 0 Å². The van der Waals surface area contributed by atoms with Crippen LogP contribution in [-0.2, 0) is 17.9 Å². The smallest absolute Gasteiger partial charge is 0.322 e. The fourth-order valence-electron chi connectivity index (χ4n) is 5.25. The number of benzene rings is 3. The number of methoxy groups -OCH3 is 1. The van der Waals surface area contributed by atoms with Gasteiger partial charge in [0.2, 0.25) is 0 Å². The molecule has 1 atom stereocenters. The number of piperidine rings is 1. The van der Waals surface area contributed by atoms with Crippen LogP contribution in [0.15, 0.2) is 78.9 Å². The number of fused-ring (bicyclic) bond motifs is 1. The summed E-state index contributed by atoms with van der Waals surface area (Å²) in [7, 11) is 1.73. The standard InChI is InChI=1S/C28H31N3O2/c1-33-20-22-9-7-8-21(18-22)19-30-16-14-24(15-17-30)31-27(23-10-3-2-4-11-23)25-12-5-6-13-26(25)29-28(31)32/h2-13,18,24,27H,14-17,19-20H2,1H3,(H,29,32). The number of para-hydroxylation sites is 1. The molecule has 5 rings (SSSR count). The number of carbonyl (C=O) groups excluding carboxylic acids is 1. The molecule has 2 aliphatic rings. The van der Waals surface area contributed by atoms with Crippen LogP contribution in [0.4, 0.5) is 10.5 Å². The van der Waals surface area contributed by atoms with Crippen LogP contribution >= 0.6 is 0 Å². The minimum atomic E-state index is -0.0570. The van der Waals surface area contributed by atoms with Crippen molar-refractivity contribution in [3.8, 4) is 0 Å². The van der Waals surface area contributed by atoms with Crippen LogP contribution < -0.4 is 5.32 Å². The topological polar surface area (TPSA) is 44.8 Å². The number of rotatable bonds is 6. The number of ether oxygens (including phenoxy) is 1. The van der Waals surface area contributed by atoms with Gasteiger partial charge >= 0.3 is 6.03 Å². The summed E-state index contributed by atoms with van der Waals surface area (Å²) in [4.78, 5) is 17.9. The van der Waals surface area contributed by atoms with Crippen LogP contribution in [0, 0.1) is 0 Å². The molecule has 0 spiro atoms. The van der Waals surface area contributed by atoms with Gasteiger partial charge in [-0.1, -0.05) is 72.8 Å². The maximum absolute atomic E-state index is 13.3. The van der Waals surface area contributed by atoms with Gasteiger partial charge in [-0.15, -0.1) is 0 Å². The number of hydrogen-bond acceptors (Lipinski definition) is 3. The van der Waals surface area contributed by atoms with E-state index in [0.717, 1.165) is 43.7 Å². The lowest BCUT2D eigenvalue weighted by Gasteiger charge is -2.45. The van der Waals surface area contributed by atoms with E-state index in [1.807, 2.05) is 18.2 Å². The van der Waals surface area contributed by atoms with Crippen LogP contribution in [0.3, 0.4) is 0 Å². The lowest BCUT2D eigenvalue weighted by Crippen LogP contribution is -2.52. The molecule has 170 valence electrons. The molecule has 33 heavy (non-hydrogen) atoms. The van der Waals surface area contributed by atoms with Crippen LogP contribution in [0.5, 0.6) is 0 Å². The summed E-state index contributed by atoms with van der Waals surface area (Å²) in [6.07, 6.45) is 1.94. The molecule has 1 fully saturated rings. The van der Waals surface area contributed by atoms with Gasteiger partial charge in [-0.3, -0.25) is 4.90 Å². The summed E-state index contributed by atoms with van der Waals surface area (Å²) in [5, 5.41) is 3.14. The van der Waals surface area contributed by atoms with Crippen LogP contribution in [0.1, 0.15) is 41.1 Å². The highest BCUT2D eigenvalue weighted by Gasteiger charge is 2.38. The average molecular weight is 442 g/mol. The number of nitrogens with one attached hydrogen (secondary N) is 1. The molecule has 2 heterocycles. The van der Waals surface area contributed by atoms with E-state index in [0.29, 0.717) is 6.61 Å². The minimum Gasteiger partial charge on any atom is -0.380 e. The lowest BCUT2D eigenvalue weighted by molar-refractivity contribution is 0.105. The molecule has 0 radical (unpaired) electrons. The first kappa shape index (κ1) is 21.7. The van der Waals surface area contributed by atoms with Crippen molar-refractivity contribution in [2.24, 2.45) is 0 Å². The predicted molar refractivity (Wildman–Crippen MR) is 131 cm³/mol. The molecule has 1 unspecified atom stereocenters. The van der Waals surface area contributed by atoms with Gasteiger partial charge in [-0.05, 0) is 35.6 Å². The third kappa shape index (κ3) is 4.65. The van der Waals surface area contributed by atoms with Gasteiger partial charge in [-0.25, -0.2) is 4.79 Å². The van der Waals surface area contributed by atoms with E-state index in [2.05, 4.69) is 75.8 Å². The van der Waals surface area contributed by atoms with Gasteiger partial charge < -0.3 is 15.0 Å². The number of carbonyl (C=O) groups is 1. The quantitative estimate of drug-likeness (QED) is 0.554. The van der Waals surface area contributed by atoms with E-state index in [-0.39, 0.29) is 18.1 Å². The molecule has 3 aromatic rings. The SMILES string of the molecule is COCc1cccc(CN2CCC(N3C(=O)Nc4ccccc4C3c3ccccc3)CC2)c1. The summed E-state index contributed by atoms with van der Waals surface area (Å²) < 4.78 is 5.28. The molecule has 0 bridgehead atoms. The molecule has 0 aliphatic carbocycles. The molecular formula is C28H31N3O2. The Morgan fingerprint density at radius 1 is 0.909 bits per heavy atom. The average Bonchev–Trinajstić information content (AvgIpc) is 2.85. The monoisotopic (exact) mass is 441 g/mol. The molecule has 2 aliphatic heterocycles. The zero-order chi connectivity index (χ0) is 22.6. The van der Waals surface area contributed by atoms with Crippen molar-refractivity contribution < 1.29 is 9.53 Å². The second-order valence-corrected chi connectivity index (χ2v) is 9.00. The highest BCUT2D eigenvalue weighted by Crippen LogP contribution is 2.40. The maximum Gasteiger partial charge on any atom is 0.322 e. The molecule has 5 nitrogen and oxygen atoms in total. The fraction of sp³-hybridized carbons (Fsp3) is 0.321. The van der Waals surface area contributed by atoms with Gasteiger partial charge in [0.25, 0.3) is 0 Å². The normalized spacial score (nSPS) is 19.2. The Morgan fingerprint density at radius 3 is 2.42 bits per heavy atom. The van der Waals surface area contributed by atoms with Crippen molar-refractivity contribution in [3.05, 3.63) is 101 Å². The number of amides is 2. The van der Waals surface area contributed by atoms with Gasteiger partial charge in [0.05, 0.1) is 12.6 Å². The summed E-state index contributed by atoms with van der Waals surface area (Å²) in [5.41, 5.74) is 5.77. The second-order valence-electron chi connectivity index (χ2n) is 9.00. The van der Waals surface area contributed by atoms with Gasteiger partial charge in [0.1, 0.15) is 0 Å². The van der Waals surface area contributed by atoms with Crippen molar-refractivity contribution in [2.45, 2.75) is 38.1 Å². The number of likely N-dealkylation sites (tertiary alicyclic amines) is 1. The molecule has 1 N–H and O–H groups in total. The largest absolute Gasteiger partial charge is 0.380 e. The van der Waals surface area contributed by atoms with Crippen molar-refractivity contribution in [2.75, 3.05) is 25.5 Å². The molecule has 1 saturated heterocycles. The van der Waals surface area contributed by atoms with E-state index in [4.69, 9.17) is 4.74 Å². The van der Waals surface area contributed by atoms with Crippen LogP contribution in [-0.4, -0.2) is 42.1 Å². The van der Waals surface area contributed by atoms with Crippen molar-refractivity contribution in [1.29, 1.82) is 0 Å². The lowest BCUT2D eigenvalue weighted by atomic mass is 9.90.